The lowest BCUT2D eigenvalue weighted by Crippen LogP contribution is -2.41. The van der Waals surface area contributed by atoms with Crippen molar-refractivity contribution in [3.63, 3.8) is 0 Å². The Bertz CT molecular complexity index is 353. The van der Waals surface area contributed by atoms with Crippen LogP contribution in [0.15, 0.2) is 0 Å². The summed E-state index contributed by atoms with van der Waals surface area (Å²) in [4.78, 5) is 0. The van der Waals surface area contributed by atoms with Crippen molar-refractivity contribution in [2.24, 2.45) is 40.4 Å². The molecule has 0 radical (unpaired) electrons. The highest BCUT2D eigenvalue weighted by atomic mass is 14.7. The van der Waals surface area contributed by atoms with E-state index in [-0.39, 0.29) is 0 Å². The Morgan fingerprint density at radius 1 is 0.727 bits per heavy atom. The number of hydrogen-bond donors (Lipinski definition) is 0. The molecule has 0 N–H and O–H groups in total. The van der Waals surface area contributed by atoms with E-state index in [0.717, 1.165) is 40.4 Å². The molecule has 4 fully saturated rings. The van der Waals surface area contributed by atoms with Gasteiger partial charge in [0.2, 0.25) is 0 Å². The lowest BCUT2D eigenvalue weighted by atomic mass is 9.56. The van der Waals surface area contributed by atoms with Crippen molar-refractivity contribution in [3.8, 4) is 0 Å². The quantitative estimate of drug-likeness (QED) is 0.439. The van der Waals surface area contributed by atoms with Crippen molar-refractivity contribution in [2.45, 2.75) is 99.8 Å². The van der Waals surface area contributed by atoms with Crippen LogP contribution in [0, 0.1) is 40.4 Å². The summed E-state index contributed by atoms with van der Waals surface area (Å²) in [5.41, 5.74) is 1.48. The van der Waals surface area contributed by atoms with Crippen LogP contribution < -0.4 is 0 Å². The van der Waals surface area contributed by atoms with Crippen LogP contribution in [-0.2, 0) is 0 Å². The van der Waals surface area contributed by atoms with Gasteiger partial charge in [0.15, 0.2) is 0 Å². The SMILES string of the molecule is CC.CC.C[C@H]1CCC2C3CC4CCCC4(C)C3CCC21C. The Morgan fingerprint density at radius 3 is 2.05 bits per heavy atom. The molecule has 0 heterocycles. The molecule has 0 aromatic heterocycles. The van der Waals surface area contributed by atoms with Crippen LogP contribution >= 0.6 is 0 Å². The van der Waals surface area contributed by atoms with Crippen LogP contribution in [-0.4, -0.2) is 0 Å². The Kier molecular flexibility index (Phi) is 5.72. The largest absolute Gasteiger partial charge is 0.0683 e. The first-order chi connectivity index (χ1) is 10.6. The number of fused-ring (bicyclic) bond motifs is 5. The van der Waals surface area contributed by atoms with Crippen LogP contribution in [0.3, 0.4) is 0 Å². The Hall–Kier alpha value is 0. The van der Waals surface area contributed by atoms with E-state index in [0.29, 0.717) is 0 Å². The first-order valence-electron chi connectivity index (χ1n) is 10.6. The Labute approximate surface area is 140 Å². The van der Waals surface area contributed by atoms with Crippen molar-refractivity contribution < 1.29 is 0 Å². The maximum atomic E-state index is 2.66. The maximum absolute atomic E-state index is 2.66. The van der Waals surface area contributed by atoms with Gasteiger partial charge in [0.25, 0.3) is 0 Å². The molecule has 4 rings (SSSR count). The third kappa shape index (κ3) is 2.48. The molecular formula is C22H42. The molecule has 0 nitrogen and oxygen atoms in total. The van der Waals surface area contributed by atoms with Gasteiger partial charge in [-0.05, 0) is 85.4 Å². The molecule has 22 heavy (non-hydrogen) atoms. The van der Waals surface area contributed by atoms with E-state index >= 15 is 0 Å². The zero-order valence-corrected chi connectivity index (χ0v) is 16.5. The zero-order chi connectivity index (χ0) is 16.5. The van der Waals surface area contributed by atoms with Crippen molar-refractivity contribution >= 4 is 0 Å². The second kappa shape index (κ2) is 6.86. The molecule has 7 atom stereocenters. The average molecular weight is 307 g/mol. The van der Waals surface area contributed by atoms with Gasteiger partial charge in [-0.1, -0.05) is 54.9 Å². The summed E-state index contributed by atoms with van der Waals surface area (Å²) in [6.07, 6.45) is 12.4. The van der Waals surface area contributed by atoms with Crippen molar-refractivity contribution in [2.75, 3.05) is 0 Å². The molecule has 0 amide bonds. The lowest BCUT2D eigenvalue weighted by Gasteiger charge is -2.49. The van der Waals surface area contributed by atoms with Gasteiger partial charge in [-0.25, -0.2) is 0 Å². The summed E-state index contributed by atoms with van der Waals surface area (Å²) in [5.74, 6) is 5.41. The summed E-state index contributed by atoms with van der Waals surface area (Å²) >= 11 is 0. The highest BCUT2D eigenvalue weighted by molar-refractivity contribution is 5.11. The predicted molar refractivity (Wildman–Crippen MR) is 99.0 cm³/mol. The second-order valence-corrected chi connectivity index (χ2v) is 8.73. The highest BCUT2D eigenvalue weighted by Crippen LogP contribution is 2.70. The van der Waals surface area contributed by atoms with E-state index in [2.05, 4.69) is 20.8 Å². The summed E-state index contributed by atoms with van der Waals surface area (Å²) in [7, 11) is 0. The summed E-state index contributed by atoms with van der Waals surface area (Å²) < 4.78 is 0. The first-order valence-corrected chi connectivity index (χ1v) is 10.6. The average Bonchev–Trinajstić information content (AvgIpc) is 3.13. The normalized spacial score (nSPS) is 51.7. The minimum absolute atomic E-state index is 0.718. The smallest absolute Gasteiger partial charge is 0.0266 e. The van der Waals surface area contributed by atoms with Crippen LogP contribution in [0.1, 0.15) is 99.8 Å². The third-order valence-corrected chi connectivity index (χ3v) is 8.52. The molecule has 0 aromatic carbocycles. The molecular weight excluding hydrogens is 264 g/mol. The Morgan fingerprint density at radius 2 is 1.36 bits per heavy atom. The van der Waals surface area contributed by atoms with Gasteiger partial charge < -0.3 is 0 Å². The van der Waals surface area contributed by atoms with E-state index < -0.39 is 0 Å². The van der Waals surface area contributed by atoms with Gasteiger partial charge in [0.05, 0.1) is 0 Å². The van der Waals surface area contributed by atoms with Crippen LogP contribution in [0.5, 0.6) is 0 Å². The maximum Gasteiger partial charge on any atom is -0.0266 e. The van der Waals surface area contributed by atoms with Crippen molar-refractivity contribution in [1.82, 2.24) is 0 Å². The summed E-state index contributed by atoms with van der Waals surface area (Å²) in [6.45, 7) is 15.8. The fourth-order valence-electron chi connectivity index (χ4n) is 7.16. The van der Waals surface area contributed by atoms with Gasteiger partial charge in [0, 0.05) is 0 Å². The van der Waals surface area contributed by atoms with Crippen LogP contribution in [0.2, 0.25) is 0 Å². The molecule has 0 aromatic rings. The van der Waals surface area contributed by atoms with Gasteiger partial charge in [-0.3, -0.25) is 0 Å². The molecule has 0 spiro atoms. The standard InChI is InChI=1S/C18H30.2C2H6/c1-12-6-7-15-14-11-13-5-4-9-18(13,3)16(14)8-10-17(12,15)2;2*1-2/h12-16H,4-11H2,1-3H3;2*1-2H3/t12-,13?,14?,15?,16?,17?,18?;;/m0../s1. The molecule has 0 bridgehead atoms. The fourth-order valence-corrected chi connectivity index (χ4v) is 7.16. The van der Waals surface area contributed by atoms with Gasteiger partial charge in [0.1, 0.15) is 0 Å². The lowest BCUT2D eigenvalue weighted by molar-refractivity contribution is -0.000133. The summed E-state index contributed by atoms with van der Waals surface area (Å²) in [5, 5.41) is 0. The summed E-state index contributed by atoms with van der Waals surface area (Å²) in [6, 6.07) is 0. The zero-order valence-electron chi connectivity index (χ0n) is 16.5. The van der Waals surface area contributed by atoms with Gasteiger partial charge >= 0.3 is 0 Å². The molecule has 0 aliphatic heterocycles. The minimum atomic E-state index is 0.718. The molecule has 4 saturated carbocycles. The molecule has 0 saturated heterocycles. The first kappa shape index (κ1) is 18.3. The van der Waals surface area contributed by atoms with Crippen molar-refractivity contribution in [3.05, 3.63) is 0 Å². The third-order valence-electron chi connectivity index (χ3n) is 8.52. The van der Waals surface area contributed by atoms with Gasteiger partial charge in [-0.15, -0.1) is 0 Å². The topological polar surface area (TPSA) is 0 Å². The molecule has 0 heteroatoms. The number of hydrogen-bond acceptors (Lipinski definition) is 0. The highest BCUT2D eigenvalue weighted by Gasteiger charge is 2.61. The van der Waals surface area contributed by atoms with E-state index in [4.69, 9.17) is 0 Å². The predicted octanol–water partition coefficient (Wildman–Crippen LogP) is 7.33. The molecule has 130 valence electrons. The van der Waals surface area contributed by atoms with E-state index in [9.17, 15) is 0 Å². The molecule has 4 aliphatic rings. The van der Waals surface area contributed by atoms with E-state index in [1.807, 2.05) is 27.7 Å². The van der Waals surface area contributed by atoms with Crippen LogP contribution in [0.25, 0.3) is 0 Å². The van der Waals surface area contributed by atoms with Gasteiger partial charge in [-0.2, -0.15) is 0 Å². The minimum Gasteiger partial charge on any atom is -0.0683 e. The Balaban J connectivity index is 0.000000410. The monoisotopic (exact) mass is 306 g/mol. The van der Waals surface area contributed by atoms with E-state index in [1.54, 1.807) is 38.5 Å². The second-order valence-electron chi connectivity index (χ2n) is 8.73. The van der Waals surface area contributed by atoms with Crippen molar-refractivity contribution in [1.29, 1.82) is 0 Å². The van der Waals surface area contributed by atoms with Crippen LogP contribution in [0.4, 0.5) is 0 Å². The fraction of sp³-hybridized carbons (Fsp3) is 1.00. The molecule has 4 aliphatic carbocycles. The number of rotatable bonds is 0. The van der Waals surface area contributed by atoms with E-state index in [1.165, 1.54) is 12.8 Å². The molecule has 6 unspecified atom stereocenters.